The largest absolute Gasteiger partial charge is 0.468 e. The van der Waals surface area contributed by atoms with E-state index in [9.17, 15) is 9.59 Å². The monoisotopic (exact) mass is 270 g/mol. The predicted molar refractivity (Wildman–Crippen MR) is 73.7 cm³/mol. The van der Waals surface area contributed by atoms with E-state index in [0.717, 1.165) is 12.8 Å². The van der Waals surface area contributed by atoms with Crippen molar-refractivity contribution in [2.45, 2.75) is 64.6 Å². The molecule has 0 aromatic heterocycles. The second kappa shape index (κ2) is 7.48. The van der Waals surface area contributed by atoms with Crippen LogP contribution in [0.4, 0.5) is 0 Å². The van der Waals surface area contributed by atoms with Crippen LogP contribution in [-0.2, 0) is 14.3 Å². The van der Waals surface area contributed by atoms with Crippen LogP contribution in [0.3, 0.4) is 0 Å². The molecule has 110 valence electrons. The molecule has 5 heteroatoms. The number of hydrogen-bond donors (Lipinski definition) is 1. The van der Waals surface area contributed by atoms with E-state index in [1.165, 1.54) is 20.0 Å². The number of rotatable bonds is 6. The molecule has 1 aliphatic carbocycles. The second-order valence-electron chi connectivity index (χ2n) is 5.51. The highest BCUT2D eigenvalue weighted by Gasteiger charge is 2.28. The van der Waals surface area contributed by atoms with Gasteiger partial charge in [0.05, 0.1) is 19.7 Å². The van der Waals surface area contributed by atoms with Gasteiger partial charge in [0.15, 0.2) is 0 Å². The molecule has 1 saturated carbocycles. The second-order valence-corrected chi connectivity index (χ2v) is 5.51. The lowest BCUT2D eigenvalue weighted by molar-refractivity contribution is -0.144. The fourth-order valence-corrected chi connectivity index (χ4v) is 2.52. The van der Waals surface area contributed by atoms with Gasteiger partial charge in [-0.3, -0.25) is 14.5 Å². The molecule has 0 bridgehead atoms. The zero-order chi connectivity index (χ0) is 14.4. The van der Waals surface area contributed by atoms with Gasteiger partial charge in [-0.2, -0.15) is 0 Å². The number of nitrogens with zero attached hydrogens (tertiary/aromatic N) is 1. The van der Waals surface area contributed by atoms with Gasteiger partial charge in [-0.1, -0.05) is 12.8 Å². The van der Waals surface area contributed by atoms with E-state index in [-0.39, 0.29) is 30.5 Å². The van der Waals surface area contributed by atoms with E-state index in [4.69, 9.17) is 0 Å². The summed E-state index contributed by atoms with van der Waals surface area (Å²) in [5.74, 6) is -0.307. The Hall–Kier alpha value is -1.10. The van der Waals surface area contributed by atoms with Crippen LogP contribution in [0.1, 0.15) is 46.5 Å². The summed E-state index contributed by atoms with van der Waals surface area (Å²) in [6.07, 6.45) is 4.51. The van der Waals surface area contributed by atoms with Gasteiger partial charge >= 0.3 is 5.97 Å². The Bertz CT molecular complexity index is 312. The maximum atomic E-state index is 12.2. The molecule has 0 aromatic rings. The average molecular weight is 270 g/mol. The van der Waals surface area contributed by atoms with Crippen molar-refractivity contribution in [2.24, 2.45) is 0 Å². The first-order valence-corrected chi connectivity index (χ1v) is 7.08. The quantitative estimate of drug-likeness (QED) is 0.740. The molecule has 0 radical (unpaired) electrons. The van der Waals surface area contributed by atoms with Gasteiger partial charge in [0.1, 0.15) is 0 Å². The molecule has 1 amide bonds. The summed E-state index contributed by atoms with van der Waals surface area (Å²) in [5, 5.41) is 3.07. The summed E-state index contributed by atoms with van der Waals surface area (Å²) in [7, 11) is 1.37. The Morgan fingerprint density at radius 2 is 1.84 bits per heavy atom. The van der Waals surface area contributed by atoms with Crippen LogP contribution in [0.15, 0.2) is 0 Å². The van der Waals surface area contributed by atoms with Crippen molar-refractivity contribution in [3.63, 3.8) is 0 Å². The molecule has 1 atom stereocenters. The number of esters is 1. The summed E-state index contributed by atoms with van der Waals surface area (Å²) < 4.78 is 4.68. The van der Waals surface area contributed by atoms with Gasteiger partial charge in [-0.05, 0) is 33.6 Å². The average Bonchev–Trinajstić information content (AvgIpc) is 2.87. The topological polar surface area (TPSA) is 58.6 Å². The van der Waals surface area contributed by atoms with Crippen molar-refractivity contribution >= 4 is 11.9 Å². The van der Waals surface area contributed by atoms with Crippen LogP contribution >= 0.6 is 0 Å². The third-order valence-corrected chi connectivity index (χ3v) is 3.78. The zero-order valence-electron chi connectivity index (χ0n) is 12.4. The highest BCUT2D eigenvalue weighted by molar-refractivity contribution is 5.82. The number of amides is 1. The fraction of sp³-hybridized carbons (Fsp3) is 0.857. The smallest absolute Gasteiger partial charge is 0.319 e. The lowest BCUT2D eigenvalue weighted by Gasteiger charge is -2.31. The minimum absolute atomic E-state index is 0.00417. The van der Waals surface area contributed by atoms with E-state index < -0.39 is 0 Å². The van der Waals surface area contributed by atoms with Crippen molar-refractivity contribution in [2.75, 3.05) is 13.7 Å². The molecule has 1 rings (SSSR count). The number of ether oxygens (including phenoxy) is 1. The SMILES string of the molecule is COC(=O)CN(C(C)C)C(C)C(=O)NC1CCCC1. The first-order valence-electron chi connectivity index (χ1n) is 7.08. The van der Waals surface area contributed by atoms with Gasteiger partial charge in [0.2, 0.25) is 5.91 Å². The number of carbonyl (C=O) groups excluding carboxylic acids is 2. The molecule has 19 heavy (non-hydrogen) atoms. The third kappa shape index (κ3) is 4.82. The van der Waals surface area contributed by atoms with Crippen LogP contribution < -0.4 is 5.32 Å². The third-order valence-electron chi connectivity index (χ3n) is 3.78. The van der Waals surface area contributed by atoms with Gasteiger partial charge in [-0.25, -0.2) is 0 Å². The van der Waals surface area contributed by atoms with Crippen LogP contribution in [0.5, 0.6) is 0 Å². The van der Waals surface area contributed by atoms with Gasteiger partial charge in [0, 0.05) is 12.1 Å². The number of methoxy groups -OCH3 is 1. The minimum atomic E-state index is -0.320. The summed E-state index contributed by atoms with van der Waals surface area (Å²) in [5.41, 5.74) is 0. The molecular formula is C14H26N2O3. The van der Waals surface area contributed by atoms with Crippen LogP contribution in [-0.4, -0.2) is 48.6 Å². The Balaban J connectivity index is 2.56. The Morgan fingerprint density at radius 1 is 1.26 bits per heavy atom. The van der Waals surface area contributed by atoms with Gasteiger partial charge < -0.3 is 10.1 Å². The molecule has 0 aromatic carbocycles. The summed E-state index contributed by atoms with van der Waals surface area (Å²) in [4.78, 5) is 25.5. The Kier molecular flexibility index (Phi) is 6.28. The van der Waals surface area contributed by atoms with Crippen LogP contribution in [0.2, 0.25) is 0 Å². The molecule has 0 aliphatic heterocycles. The van der Waals surface area contributed by atoms with Gasteiger partial charge in [0.25, 0.3) is 0 Å². The lowest BCUT2D eigenvalue weighted by atomic mass is 10.1. The normalized spacial score (nSPS) is 17.8. The van der Waals surface area contributed by atoms with Crippen LogP contribution in [0, 0.1) is 0 Å². The molecule has 1 fully saturated rings. The van der Waals surface area contributed by atoms with E-state index >= 15 is 0 Å². The van der Waals surface area contributed by atoms with Gasteiger partial charge in [-0.15, -0.1) is 0 Å². The number of nitrogens with one attached hydrogen (secondary N) is 1. The molecule has 1 aliphatic rings. The zero-order valence-corrected chi connectivity index (χ0v) is 12.4. The Morgan fingerprint density at radius 3 is 2.32 bits per heavy atom. The number of hydrogen-bond acceptors (Lipinski definition) is 4. The Labute approximate surface area is 115 Å². The standard InChI is InChI=1S/C14H26N2O3/c1-10(2)16(9-13(17)19-4)11(3)14(18)15-12-7-5-6-8-12/h10-12H,5-9H2,1-4H3,(H,15,18). The fourth-order valence-electron chi connectivity index (χ4n) is 2.52. The van der Waals surface area contributed by atoms with Crippen molar-refractivity contribution in [3.8, 4) is 0 Å². The highest BCUT2D eigenvalue weighted by atomic mass is 16.5. The minimum Gasteiger partial charge on any atom is -0.468 e. The molecular weight excluding hydrogens is 244 g/mol. The first kappa shape index (κ1) is 16.0. The summed E-state index contributed by atoms with van der Waals surface area (Å²) in [6.45, 7) is 5.94. The van der Waals surface area contributed by atoms with Crippen molar-refractivity contribution in [3.05, 3.63) is 0 Å². The summed E-state index contributed by atoms with van der Waals surface area (Å²) >= 11 is 0. The molecule has 0 saturated heterocycles. The summed E-state index contributed by atoms with van der Waals surface area (Å²) in [6, 6.07) is 0.102. The molecule has 1 unspecified atom stereocenters. The number of carbonyl (C=O) groups is 2. The maximum Gasteiger partial charge on any atom is 0.319 e. The van der Waals surface area contributed by atoms with Crippen molar-refractivity contribution in [1.82, 2.24) is 10.2 Å². The van der Waals surface area contributed by atoms with E-state index in [0.29, 0.717) is 6.04 Å². The highest BCUT2D eigenvalue weighted by Crippen LogP contribution is 2.18. The van der Waals surface area contributed by atoms with E-state index in [1.807, 2.05) is 25.7 Å². The molecule has 1 N–H and O–H groups in total. The van der Waals surface area contributed by atoms with Crippen molar-refractivity contribution in [1.29, 1.82) is 0 Å². The molecule has 0 spiro atoms. The first-order chi connectivity index (χ1) is 8.95. The predicted octanol–water partition coefficient (Wildman–Crippen LogP) is 1.32. The van der Waals surface area contributed by atoms with Crippen molar-refractivity contribution < 1.29 is 14.3 Å². The van der Waals surface area contributed by atoms with E-state index in [2.05, 4.69) is 10.1 Å². The van der Waals surface area contributed by atoms with Crippen LogP contribution in [0.25, 0.3) is 0 Å². The molecule has 0 heterocycles. The van der Waals surface area contributed by atoms with E-state index in [1.54, 1.807) is 0 Å². The molecule has 5 nitrogen and oxygen atoms in total. The maximum absolute atomic E-state index is 12.2. The lowest BCUT2D eigenvalue weighted by Crippen LogP contribution is -2.51.